The summed E-state index contributed by atoms with van der Waals surface area (Å²) in [5.41, 5.74) is 5.52. The Kier molecular flexibility index (Phi) is 2.35. The molecule has 1 spiro atoms. The predicted octanol–water partition coefficient (Wildman–Crippen LogP) is 5.10. The number of hydrogen-bond acceptors (Lipinski definition) is 1. The zero-order chi connectivity index (χ0) is 14.9. The smallest absolute Gasteiger partial charge is 0.163 e. The Bertz CT molecular complexity index is 858. The number of rotatable bonds is 0. The molecule has 2 bridgehead atoms. The topological polar surface area (TPSA) is 17.1 Å². The van der Waals surface area contributed by atoms with Gasteiger partial charge in [0.05, 0.1) is 0 Å². The first kappa shape index (κ1) is 12.6. The van der Waals surface area contributed by atoms with Gasteiger partial charge in [-0.05, 0) is 67.0 Å². The molecule has 5 rings (SSSR count). The molecule has 0 aliphatic heterocycles. The van der Waals surface area contributed by atoms with Crippen LogP contribution < -0.4 is 0 Å². The number of benzene rings is 2. The maximum absolute atomic E-state index is 12.5. The van der Waals surface area contributed by atoms with E-state index < -0.39 is 0 Å². The van der Waals surface area contributed by atoms with Crippen LogP contribution in [-0.2, 0) is 5.41 Å². The second kappa shape index (κ2) is 4.10. The van der Waals surface area contributed by atoms with Crippen LogP contribution in [-0.4, -0.2) is 5.78 Å². The van der Waals surface area contributed by atoms with Crippen LogP contribution in [0.2, 0.25) is 0 Å². The fourth-order valence-corrected chi connectivity index (χ4v) is 5.18. The molecule has 0 saturated heterocycles. The maximum Gasteiger partial charge on any atom is 0.163 e. The standard InChI is InChI=1S/C21H20O/c1-13-2-4-15-11-19-18(10-16(15)8-13)20(22)6-7-21(19)12-14-3-5-17(21)9-14/h2-4,8,10-11,17H,5-7,9,12H2,1H3. The van der Waals surface area contributed by atoms with Gasteiger partial charge in [0, 0.05) is 17.4 Å². The molecule has 3 aliphatic carbocycles. The van der Waals surface area contributed by atoms with E-state index in [0.29, 0.717) is 5.78 Å². The number of aryl methyl sites for hydroxylation is 1. The summed E-state index contributed by atoms with van der Waals surface area (Å²) in [5, 5.41) is 2.50. The molecule has 1 saturated carbocycles. The van der Waals surface area contributed by atoms with Gasteiger partial charge in [0.2, 0.25) is 0 Å². The van der Waals surface area contributed by atoms with E-state index in [1.165, 1.54) is 41.2 Å². The minimum atomic E-state index is 0.256. The summed E-state index contributed by atoms with van der Waals surface area (Å²) in [6.45, 7) is 2.12. The molecule has 22 heavy (non-hydrogen) atoms. The van der Waals surface area contributed by atoms with Crippen LogP contribution in [0.3, 0.4) is 0 Å². The van der Waals surface area contributed by atoms with Crippen LogP contribution in [0.1, 0.15) is 53.6 Å². The summed E-state index contributed by atoms with van der Waals surface area (Å²) in [6, 6.07) is 11.1. The average Bonchev–Trinajstić information content (AvgIpc) is 3.11. The van der Waals surface area contributed by atoms with E-state index in [-0.39, 0.29) is 5.41 Å². The summed E-state index contributed by atoms with van der Waals surface area (Å²) in [7, 11) is 0. The molecule has 2 aromatic carbocycles. The van der Waals surface area contributed by atoms with Crippen molar-refractivity contribution in [2.75, 3.05) is 0 Å². The summed E-state index contributed by atoms with van der Waals surface area (Å²) in [5.74, 6) is 1.08. The number of carbonyl (C=O) groups is 1. The molecule has 0 N–H and O–H groups in total. The summed E-state index contributed by atoms with van der Waals surface area (Å²) < 4.78 is 0. The van der Waals surface area contributed by atoms with Gasteiger partial charge in [-0.1, -0.05) is 35.4 Å². The van der Waals surface area contributed by atoms with Crippen LogP contribution >= 0.6 is 0 Å². The normalized spacial score (nSPS) is 29.2. The maximum atomic E-state index is 12.5. The first-order chi connectivity index (χ1) is 10.7. The van der Waals surface area contributed by atoms with Crippen molar-refractivity contribution in [1.29, 1.82) is 0 Å². The van der Waals surface area contributed by atoms with Crippen molar-refractivity contribution in [3.05, 3.63) is 58.7 Å². The van der Waals surface area contributed by atoms with Gasteiger partial charge in [0.1, 0.15) is 0 Å². The fourth-order valence-electron chi connectivity index (χ4n) is 5.18. The molecule has 2 unspecified atom stereocenters. The van der Waals surface area contributed by atoms with Gasteiger partial charge < -0.3 is 0 Å². The van der Waals surface area contributed by atoms with Gasteiger partial charge in [0.15, 0.2) is 5.78 Å². The van der Waals surface area contributed by atoms with E-state index in [2.05, 4.69) is 43.3 Å². The lowest BCUT2D eigenvalue weighted by molar-refractivity contribution is 0.0940. The quantitative estimate of drug-likeness (QED) is 0.616. The van der Waals surface area contributed by atoms with Gasteiger partial charge in [-0.25, -0.2) is 0 Å². The third kappa shape index (κ3) is 1.52. The van der Waals surface area contributed by atoms with Crippen molar-refractivity contribution >= 4 is 16.6 Å². The Morgan fingerprint density at radius 3 is 2.82 bits per heavy atom. The lowest BCUT2D eigenvalue weighted by atomic mass is 9.62. The number of allylic oxidation sites excluding steroid dienone is 2. The van der Waals surface area contributed by atoms with Crippen molar-refractivity contribution in [2.24, 2.45) is 5.92 Å². The fraction of sp³-hybridized carbons (Fsp3) is 0.381. The average molecular weight is 288 g/mol. The molecule has 3 aliphatic rings. The minimum Gasteiger partial charge on any atom is -0.294 e. The third-order valence-corrected chi connectivity index (χ3v) is 6.29. The Labute approximate surface area is 131 Å². The molecule has 1 nitrogen and oxygen atoms in total. The minimum absolute atomic E-state index is 0.256. The zero-order valence-electron chi connectivity index (χ0n) is 13.0. The van der Waals surface area contributed by atoms with Gasteiger partial charge in [-0.3, -0.25) is 4.79 Å². The molecule has 0 radical (unpaired) electrons. The van der Waals surface area contributed by atoms with E-state index in [1.807, 2.05) is 0 Å². The van der Waals surface area contributed by atoms with Crippen LogP contribution in [0, 0.1) is 12.8 Å². The Morgan fingerprint density at radius 2 is 2.05 bits per heavy atom. The van der Waals surface area contributed by atoms with Gasteiger partial charge in [0.25, 0.3) is 0 Å². The second-order valence-electron chi connectivity index (χ2n) is 7.50. The highest BCUT2D eigenvalue weighted by Gasteiger charge is 2.51. The summed E-state index contributed by atoms with van der Waals surface area (Å²) in [4.78, 5) is 12.5. The molecule has 2 aromatic rings. The molecule has 0 amide bonds. The molecule has 2 atom stereocenters. The first-order valence-corrected chi connectivity index (χ1v) is 8.42. The number of Topliss-reactive ketones (excluding diaryl/α,β-unsaturated/α-hetero) is 1. The number of carbonyl (C=O) groups excluding carboxylic acids is 1. The summed E-state index contributed by atoms with van der Waals surface area (Å²) >= 11 is 0. The molecule has 1 fully saturated rings. The number of ketones is 1. The number of hydrogen-bond donors (Lipinski definition) is 0. The molecular formula is C21H20O. The van der Waals surface area contributed by atoms with Gasteiger partial charge in [-0.2, -0.15) is 0 Å². The van der Waals surface area contributed by atoms with Crippen LogP contribution in [0.25, 0.3) is 10.8 Å². The van der Waals surface area contributed by atoms with Crippen LogP contribution in [0.15, 0.2) is 42.0 Å². The Morgan fingerprint density at radius 1 is 1.14 bits per heavy atom. The molecule has 110 valence electrons. The van der Waals surface area contributed by atoms with Crippen molar-refractivity contribution in [3.8, 4) is 0 Å². The largest absolute Gasteiger partial charge is 0.294 e. The highest BCUT2D eigenvalue weighted by atomic mass is 16.1. The zero-order valence-corrected chi connectivity index (χ0v) is 13.0. The first-order valence-electron chi connectivity index (χ1n) is 8.42. The SMILES string of the molecule is Cc1ccc2cc3c(cc2c1)C(=O)CCC31CC2=CCC1C2. The van der Waals surface area contributed by atoms with Crippen molar-refractivity contribution < 1.29 is 4.79 Å². The number of fused-ring (bicyclic) bond motifs is 6. The van der Waals surface area contributed by atoms with Crippen molar-refractivity contribution in [2.45, 2.75) is 44.4 Å². The lowest BCUT2D eigenvalue weighted by Gasteiger charge is -2.41. The van der Waals surface area contributed by atoms with Crippen LogP contribution in [0.4, 0.5) is 0 Å². The Hall–Kier alpha value is -1.89. The van der Waals surface area contributed by atoms with E-state index in [0.717, 1.165) is 24.3 Å². The Balaban J connectivity index is 1.79. The van der Waals surface area contributed by atoms with Crippen molar-refractivity contribution in [3.63, 3.8) is 0 Å². The lowest BCUT2D eigenvalue weighted by Crippen LogP contribution is -2.37. The highest BCUT2D eigenvalue weighted by Crippen LogP contribution is 2.58. The molecule has 1 heteroatoms. The third-order valence-electron chi connectivity index (χ3n) is 6.29. The monoisotopic (exact) mass is 288 g/mol. The van der Waals surface area contributed by atoms with E-state index in [4.69, 9.17) is 0 Å². The summed E-state index contributed by atoms with van der Waals surface area (Å²) in [6.07, 6.45) is 7.90. The predicted molar refractivity (Wildman–Crippen MR) is 89.4 cm³/mol. The molecule has 0 heterocycles. The van der Waals surface area contributed by atoms with Crippen molar-refractivity contribution in [1.82, 2.24) is 0 Å². The van der Waals surface area contributed by atoms with Crippen LogP contribution in [0.5, 0.6) is 0 Å². The van der Waals surface area contributed by atoms with E-state index in [1.54, 1.807) is 5.57 Å². The van der Waals surface area contributed by atoms with Gasteiger partial charge in [-0.15, -0.1) is 0 Å². The van der Waals surface area contributed by atoms with E-state index >= 15 is 0 Å². The molecular weight excluding hydrogens is 268 g/mol. The highest BCUT2D eigenvalue weighted by molar-refractivity contribution is 6.03. The molecule has 0 aromatic heterocycles. The second-order valence-corrected chi connectivity index (χ2v) is 7.50. The van der Waals surface area contributed by atoms with E-state index in [9.17, 15) is 4.79 Å². The van der Waals surface area contributed by atoms with Gasteiger partial charge >= 0.3 is 0 Å².